The third-order valence-electron chi connectivity index (χ3n) is 1.78. The van der Waals surface area contributed by atoms with E-state index in [9.17, 15) is 18.3 Å². The van der Waals surface area contributed by atoms with Crippen molar-refractivity contribution in [2.24, 2.45) is 0 Å². The molecule has 0 heterocycles. The summed E-state index contributed by atoms with van der Waals surface area (Å²) in [6, 6.07) is 1.60. The summed E-state index contributed by atoms with van der Waals surface area (Å²) in [4.78, 5) is 0. The predicted octanol–water partition coefficient (Wildman–Crippen LogP) is 2.55. The summed E-state index contributed by atoms with van der Waals surface area (Å²) in [5.74, 6) is -4.06. The van der Waals surface area contributed by atoms with Crippen LogP contribution in [0.2, 0.25) is 0 Å². The molecule has 1 atom stereocenters. The lowest BCUT2D eigenvalue weighted by atomic mass is 10.1. The number of aliphatic hydroxyl groups is 1. The standard InChI is InChI=1S/C9H9F3O/c1-2-8(13)5-3-6(10)9(12)7(11)4-5/h3-4,8,13H,2H2,1H3. The molecule has 0 radical (unpaired) electrons. The molecule has 1 nitrogen and oxygen atoms in total. The van der Waals surface area contributed by atoms with Crippen LogP contribution in [0, 0.1) is 17.5 Å². The fourth-order valence-electron chi connectivity index (χ4n) is 1.00. The van der Waals surface area contributed by atoms with Gasteiger partial charge >= 0.3 is 0 Å². The summed E-state index contributed by atoms with van der Waals surface area (Å²) in [6.45, 7) is 1.66. The molecule has 4 heteroatoms. The first-order chi connectivity index (χ1) is 6.06. The normalized spacial score (nSPS) is 13.0. The number of hydrogen-bond acceptors (Lipinski definition) is 1. The highest BCUT2D eigenvalue weighted by molar-refractivity contribution is 5.21. The molecular weight excluding hydrogens is 181 g/mol. The fourth-order valence-corrected chi connectivity index (χ4v) is 1.00. The van der Waals surface area contributed by atoms with E-state index in [0.717, 1.165) is 12.1 Å². The summed E-state index contributed by atoms with van der Waals surface area (Å²) in [7, 11) is 0. The van der Waals surface area contributed by atoms with Crippen LogP contribution >= 0.6 is 0 Å². The van der Waals surface area contributed by atoms with Crippen molar-refractivity contribution in [1.82, 2.24) is 0 Å². The van der Waals surface area contributed by atoms with Gasteiger partial charge in [-0.2, -0.15) is 0 Å². The summed E-state index contributed by atoms with van der Waals surface area (Å²) in [5, 5.41) is 9.21. The maximum atomic E-state index is 12.6. The van der Waals surface area contributed by atoms with E-state index in [-0.39, 0.29) is 5.56 Å². The van der Waals surface area contributed by atoms with E-state index >= 15 is 0 Å². The average molecular weight is 190 g/mol. The van der Waals surface area contributed by atoms with Crippen molar-refractivity contribution in [3.8, 4) is 0 Å². The second kappa shape index (κ2) is 3.79. The molecule has 0 spiro atoms. The molecule has 0 aliphatic heterocycles. The minimum atomic E-state index is -1.51. The lowest BCUT2D eigenvalue weighted by molar-refractivity contribution is 0.172. The molecule has 0 aromatic heterocycles. The van der Waals surface area contributed by atoms with Gasteiger partial charge < -0.3 is 5.11 Å². The summed E-state index contributed by atoms with van der Waals surface area (Å²) >= 11 is 0. The molecule has 0 bridgehead atoms. The van der Waals surface area contributed by atoms with E-state index in [0.29, 0.717) is 6.42 Å². The van der Waals surface area contributed by atoms with Gasteiger partial charge in [-0.05, 0) is 24.1 Å². The molecule has 1 rings (SSSR count). The van der Waals surface area contributed by atoms with Crippen molar-refractivity contribution < 1.29 is 18.3 Å². The number of benzene rings is 1. The summed E-state index contributed by atoms with van der Waals surface area (Å²) in [6.07, 6.45) is -0.630. The van der Waals surface area contributed by atoms with Gasteiger partial charge in [-0.1, -0.05) is 6.92 Å². The Labute approximate surface area is 73.8 Å². The second-order valence-corrected chi connectivity index (χ2v) is 2.72. The lowest BCUT2D eigenvalue weighted by Crippen LogP contribution is -2.00. The van der Waals surface area contributed by atoms with Crippen LogP contribution in [-0.4, -0.2) is 5.11 Å². The Balaban J connectivity index is 3.13. The largest absolute Gasteiger partial charge is 0.388 e. The molecule has 72 valence electrons. The van der Waals surface area contributed by atoms with Crippen LogP contribution in [0.15, 0.2) is 12.1 Å². The molecule has 1 aromatic rings. The van der Waals surface area contributed by atoms with Crippen LogP contribution in [0.1, 0.15) is 25.0 Å². The molecule has 1 unspecified atom stereocenters. The second-order valence-electron chi connectivity index (χ2n) is 2.72. The van der Waals surface area contributed by atoms with Gasteiger partial charge in [0.05, 0.1) is 6.10 Å². The Bertz CT molecular complexity index is 289. The Hall–Kier alpha value is -1.03. The lowest BCUT2D eigenvalue weighted by Gasteiger charge is -2.08. The number of halogens is 3. The van der Waals surface area contributed by atoms with Gasteiger partial charge in [0.15, 0.2) is 17.5 Å². The summed E-state index contributed by atoms with van der Waals surface area (Å²) in [5.41, 5.74) is 0.0545. The number of aliphatic hydroxyl groups excluding tert-OH is 1. The van der Waals surface area contributed by atoms with E-state index in [2.05, 4.69) is 0 Å². The minimum absolute atomic E-state index is 0.0545. The van der Waals surface area contributed by atoms with Gasteiger partial charge in [0.1, 0.15) is 0 Å². The molecule has 1 aromatic carbocycles. The Morgan fingerprint density at radius 1 is 1.23 bits per heavy atom. The molecule has 0 saturated heterocycles. The third-order valence-corrected chi connectivity index (χ3v) is 1.78. The minimum Gasteiger partial charge on any atom is -0.388 e. The molecule has 0 aliphatic rings. The van der Waals surface area contributed by atoms with Crippen molar-refractivity contribution in [2.45, 2.75) is 19.4 Å². The van der Waals surface area contributed by atoms with Crippen molar-refractivity contribution in [3.05, 3.63) is 35.1 Å². The van der Waals surface area contributed by atoms with Crippen LogP contribution in [0.5, 0.6) is 0 Å². The molecule has 13 heavy (non-hydrogen) atoms. The van der Waals surface area contributed by atoms with Crippen LogP contribution < -0.4 is 0 Å². The zero-order valence-electron chi connectivity index (χ0n) is 7.02. The Kier molecular flexibility index (Phi) is 2.93. The monoisotopic (exact) mass is 190 g/mol. The van der Waals surface area contributed by atoms with E-state index < -0.39 is 23.6 Å². The molecule has 0 aliphatic carbocycles. The van der Waals surface area contributed by atoms with E-state index in [1.54, 1.807) is 6.92 Å². The van der Waals surface area contributed by atoms with Crippen molar-refractivity contribution in [2.75, 3.05) is 0 Å². The van der Waals surface area contributed by atoms with Gasteiger partial charge in [-0.25, -0.2) is 13.2 Å². The van der Waals surface area contributed by atoms with Crippen molar-refractivity contribution >= 4 is 0 Å². The van der Waals surface area contributed by atoms with Crippen LogP contribution in [0.3, 0.4) is 0 Å². The Morgan fingerprint density at radius 2 is 1.69 bits per heavy atom. The zero-order valence-corrected chi connectivity index (χ0v) is 7.02. The fraction of sp³-hybridized carbons (Fsp3) is 0.333. The summed E-state index contributed by atoms with van der Waals surface area (Å²) < 4.78 is 37.7. The smallest absolute Gasteiger partial charge is 0.194 e. The molecular formula is C9H9F3O. The zero-order chi connectivity index (χ0) is 10.0. The Morgan fingerprint density at radius 3 is 2.08 bits per heavy atom. The van der Waals surface area contributed by atoms with E-state index in [1.165, 1.54) is 0 Å². The average Bonchev–Trinajstić information content (AvgIpc) is 2.12. The molecule has 0 amide bonds. The van der Waals surface area contributed by atoms with Crippen molar-refractivity contribution in [1.29, 1.82) is 0 Å². The number of rotatable bonds is 2. The van der Waals surface area contributed by atoms with Crippen LogP contribution in [0.25, 0.3) is 0 Å². The highest BCUT2D eigenvalue weighted by Crippen LogP contribution is 2.20. The highest BCUT2D eigenvalue weighted by Gasteiger charge is 2.13. The maximum Gasteiger partial charge on any atom is 0.194 e. The van der Waals surface area contributed by atoms with Gasteiger partial charge in [-0.15, -0.1) is 0 Å². The molecule has 0 fully saturated rings. The first-order valence-corrected chi connectivity index (χ1v) is 3.88. The van der Waals surface area contributed by atoms with Crippen LogP contribution in [0.4, 0.5) is 13.2 Å². The maximum absolute atomic E-state index is 12.6. The van der Waals surface area contributed by atoms with Crippen LogP contribution in [-0.2, 0) is 0 Å². The van der Waals surface area contributed by atoms with Gasteiger partial charge in [0.2, 0.25) is 0 Å². The highest BCUT2D eigenvalue weighted by atomic mass is 19.2. The first kappa shape index (κ1) is 10.1. The SMILES string of the molecule is CCC(O)c1cc(F)c(F)c(F)c1. The molecule has 0 saturated carbocycles. The topological polar surface area (TPSA) is 20.2 Å². The number of hydrogen-bond donors (Lipinski definition) is 1. The quantitative estimate of drug-likeness (QED) is 0.710. The van der Waals surface area contributed by atoms with Gasteiger partial charge in [0, 0.05) is 0 Å². The van der Waals surface area contributed by atoms with E-state index in [1.807, 2.05) is 0 Å². The van der Waals surface area contributed by atoms with Crippen molar-refractivity contribution in [3.63, 3.8) is 0 Å². The first-order valence-electron chi connectivity index (χ1n) is 3.88. The molecule has 1 N–H and O–H groups in total. The van der Waals surface area contributed by atoms with Gasteiger partial charge in [-0.3, -0.25) is 0 Å². The predicted molar refractivity (Wildman–Crippen MR) is 41.6 cm³/mol. The van der Waals surface area contributed by atoms with E-state index in [4.69, 9.17) is 0 Å². The van der Waals surface area contributed by atoms with Gasteiger partial charge in [0.25, 0.3) is 0 Å². The third kappa shape index (κ3) is 2.01.